The Morgan fingerprint density at radius 1 is 1.29 bits per heavy atom. The summed E-state index contributed by atoms with van der Waals surface area (Å²) < 4.78 is 0. The predicted molar refractivity (Wildman–Crippen MR) is 63.8 cm³/mol. The van der Waals surface area contributed by atoms with Gasteiger partial charge in [0.05, 0.1) is 12.6 Å². The number of carboxylic acid groups (broad SMARTS) is 1. The minimum atomic E-state index is -1.06. The van der Waals surface area contributed by atoms with Crippen molar-refractivity contribution in [3.8, 4) is 0 Å². The van der Waals surface area contributed by atoms with Crippen LogP contribution >= 0.6 is 0 Å². The molecule has 2 amide bonds. The van der Waals surface area contributed by atoms with Gasteiger partial charge >= 0.3 is 12.0 Å². The van der Waals surface area contributed by atoms with E-state index in [0.717, 1.165) is 0 Å². The molecular weight excluding hydrogens is 224 g/mol. The number of urea groups is 1. The van der Waals surface area contributed by atoms with E-state index in [1.54, 1.807) is 34.7 Å². The van der Waals surface area contributed by atoms with Crippen molar-refractivity contribution in [3.63, 3.8) is 0 Å². The molecule has 100 valence electrons. The van der Waals surface area contributed by atoms with Crippen LogP contribution < -0.4 is 0 Å². The minimum Gasteiger partial charge on any atom is -0.480 e. The molecule has 2 N–H and O–H groups in total. The fraction of sp³-hybridized carbons (Fsp3) is 0.818. The van der Waals surface area contributed by atoms with E-state index in [2.05, 4.69) is 0 Å². The second-order valence-electron chi connectivity index (χ2n) is 5.08. The lowest BCUT2D eigenvalue weighted by Crippen LogP contribution is -2.55. The van der Waals surface area contributed by atoms with Crippen LogP contribution in [0.4, 0.5) is 4.79 Å². The molecule has 0 bridgehead atoms. The fourth-order valence-corrected chi connectivity index (χ4v) is 1.23. The Balaban J connectivity index is 4.94. The number of rotatable bonds is 4. The lowest BCUT2D eigenvalue weighted by molar-refractivity contribution is -0.138. The number of carbonyl (C=O) groups excluding carboxylic acids is 1. The Kier molecular flexibility index (Phi) is 5.41. The highest BCUT2D eigenvalue weighted by atomic mass is 16.4. The van der Waals surface area contributed by atoms with Crippen molar-refractivity contribution in [1.29, 1.82) is 0 Å². The van der Waals surface area contributed by atoms with Gasteiger partial charge in [-0.05, 0) is 27.7 Å². The van der Waals surface area contributed by atoms with E-state index in [4.69, 9.17) is 10.2 Å². The molecule has 1 atom stereocenters. The zero-order chi connectivity index (χ0) is 13.8. The zero-order valence-electron chi connectivity index (χ0n) is 11.1. The number of aliphatic hydroxyl groups excluding tert-OH is 1. The van der Waals surface area contributed by atoms with Crippen LogP contribution in [0.5, 0.6) is 0 Å². The summed E-state index contributed by atoms with van der Waals surface area (Å²) >= 11 is 0. The van der Waals surface area contributed by atoms with Crippen LogP contribution in [-0.4, -0.2) is 63.8 Å². The van der Waals surface area contributed by atoms with Crippen LogP contribution in [0.2, 0.25) is 0 Å². The van der Waals surface area contributed by atoms with Crippen molar-refractivity contribution in [1.82, 2.24) is 9.80 Å². The topological polar surface area (TPSA) is 81.1 Å². The van der Waals surface area contributed by atoms with E-state index in [0.29, 0.717) is 0 Å². The highest BCUT2D eigenvalue weighted by Gasteiger charge is 2.31. The highest BCUT2D eigenvalue weighted by molar-refractivity contribution is 5.80. The van der Waals surface area contributed by atoms with Gasteiger partial charge in [-0.1, -0.05) is 0 Å². The van der Waals surface area contributed by atoms with Gasteiger partial charge < -0.3 is 20.0 Å². The third-order valence-corrected chi connectivity index (χ3v) is 2.56. The molecule has 0 fully saturated rings. The maximum absolute atomic E-state index is 12.1. The number of carboxylic acids is 1. The van der Waals surface area contributed by atoms with E-state index < -0.39 is 17.5 Å². The van der Waals surface area contributed by atoms with Crippen LogP contribution in [0.25, 0.3) is 0 Å². The van der Waals surface area contributed by atoms with Crippen molar-refractivity contribution in [2.45, 2.75) is 39.3 Å². The monoisotopic (exact) mass is 246 g/mol. The van der Waals surface area contributed by atoms with Gasteiger partial charge in [-0.25, -0.2) is 4.79 Å². The Bertz CT molecular complexity index is 286. The van der Waals surface area contributed by atoms with E-state index >= 15 is 0 Å². The van der Waals surface area contributed by atoms with Gasteiger partial charge in [0, 0.05) is 12.6 Å². The lowest BCUT2D eigenvalue weighted by Gasteiger charge is -2.38. The molecule has 0 aliphatic rings. The molecule has 0 aromatic rings. The maximum Gasteiger partial charge on any atom is 0.323 e. The van der Waals surface area contributed by atoms with Crippen LogP contribution in [0, 0.1) is 0 Å². The molecule has 6 heteroatoms. The van der Waals surface area contributed by atoms with Gasteiger partial charge in [0.25, 0.3) is 0 Å². The number of nitrogens with zero attached hydrogens (tertiary/aromatic N) is 2. The first kappa shape index (κ1) is 15.7. The summed E-state index contributed by atoms with van der Waals surface area (Å²) in [6.45, 7) is 6.49. The van der Waals surface area contributed by atoms with Crippen LogP contribution in [0.15, 0.2) is 0 Å². The second-order valence-corrected chi connectivity index (χ2v) is 5.08. The third-order valence-electron chi connectivity index (χ3n) is 2.56. The van der Waals surface area contributed by atoms with Crippen molar-refractivity contribution in [2.24, 2.45) is 0 Å². The molecule has 0 radical (unpaired) electrons. The van der Waals surface area contributed by atoms with E-state index in [1.807, 2.05) is 0 Å². The minimum absolute atomic E-state index is 0.159. The zero-order valence-corrected chi connectivity index (χ0v) is 11.1. The van der Waals surface area contributed by atoms with Gasteiger partial charge in [-0.2, -0.15) is 0 Å². The highest BCUT2D eigenvalue weighted by Crippen LogP contribution is 2.16. The van der Waals surface area contributed by atoms with Gasteiger partial charge in [-0.15, -0.1) is 0 Å². The number of carbonyl (C=O) groups is 2. The van der Waals surface area contributed by atoms with Crippen LogP contribution in [-0.2, 0) is 4.79 Å². The smallest absolute Gasteiger partial charge is 0.323 e. The quantitative estimate of drug-likeness (QED) is 0.761. The average molecular weight is 246 g/mol. The molecule has 1 unspecified atom stereocenters. The normalized spacial score (nSPS) is 13.1. The van der Waals surface area contributed by atoms with Gasteiger partial charge in [0.2, 0.25) is 0 Å². The summed E-state index contributed by atoms with van der Waals surface area (Å²) in [6.07, 6.45) is 0. The first-order chi connectivity index (χ1) is 7.61. The molecule has 0 heterocycles. The summed E-state index contributed by atoms with van der Waals surface area (Å²) in [5.74, 6) is -1.06. The summed E-state index contributed by atoms with van der Waals surface area (Å²) in [5, 5.41) is 17.8. The Morgan fingerprint density at radius 3 is 2.06 bits per heavy atom. The first-order valence-electron chi connectivity index (χ1n) is 5.48. The lowest BCUT2D eigenvalue weighted by atomic mass is 10.1. The summed E-state index contributed by atoms with van der Waals surface area (Å²) in [6, 6.07) is -0.748. The third kappa shape index (κ3) is 4.60. The van der Waals surface area contributed by atoms with Crippen molar-refractivity contribution >= 4 is 12.0 Å². The Labute approximate surface area is 102 Å². The standard InChI is InChI=1S/C11H22N2O4/c1-8(7-14)12(5)10(17)13(6-9(15)16)11(2,3)4/h8,14H,6-7H2,1-5H3,(H,15,16). The molecule has 0 aromatic carbocycles. The van der Waals surface area contributed by atoms with E-state index in [9.17, 15) is 9.59 Å². The molecule has 0 aliphatic carbocycles. The van der Waals surface area contributed by atoms with Crippen molar-refractivity contribution < 1.29 is 19.8 Å². The number of aliphatic hydroxyl groups is 1. The number of aliphatic carboxylic acids is 1. The number of likely N-dealkylation sites (N-methyl/N-ethyl adjacent to an activating group) is 1. The van der Waals surface area contributed by atoms with Gasteiger partial charge in [-0.3, -0.25) is 4.79 Å². The molecule has 0 aliphatic heterocycles. The fourth-order valence-electron chi connectivity index (χ4n) is 1.23. The van der Waals surface area contributed by atoms with Crippen molar-refractivity contribution in [2.75, 3.05) is 20.2 Å². The first-order valence-corrected chi connectivity index (χ1v) is 5.48. The molecule has 0 rings (SSSR count). The van der Waals surface area contributed by atoms with Crippen LogP contribution in [0.1, 0.15) is 27.7 Å². The van der Waals surface area contributed by atoms with Gasteiger partial charge in [0.15, 0.2) is 0 Å². The maximum atomic E-state index is 12.1. The molecular formula is C11H22N2O4. The second kappa shape index (κ2) is 5.86. The molecule has 0 spiro atoms. The summed E-state index contributed by atoms with van der Waals surface area (Å²) in [4.78, 5) is 25.5. The van der Waals surface area contributed by atoms with E-state index in [-0.39, 0.29) is 19.2 Å². The number of hydrogen-bond donors (Lipinski definition) is 2. The number of hydrogen-bond acceptors (Lipinski definition) is 3. The number of amides is 2. The van der Waals surface area contributed by atoms with E-state index in [1.165, 1.54) is 9.80 Å². The molecule has 0 saturated carbocycles. The predicted octanol–water partition coefficient (Wildman–Crippen LogP) is 0.604. The Hall–Kier alpha value is -1.30. The average Bonchev–Trinajstić information content (AvgIpc) is 2.21. The SMILES string of the molecule is CC(CO)N(C)C(=O)N(CC(=O)O)C(C)(C)C. The molecule has 6 nitrogen and oxygen atoms in total. The molecule has 0 saturated heterocycles. The van der Waals surface area contributed by atoms with Crippen molar-refractivity contribution in [3.05, 3.63) is 0 Å². The summed E-state index contributed by atoms with van der Waals surface area (Å²) in [5.41, 5.74) is -0.584. The van der Waals surface area contributed by atoms with Gasteiger partial charge in [0.1, 0.15) is 6.54 Å². The Morgan fingerprint density at radius 2 is 1.76 bits per heavy atom. The summed E-state index contributed by atoms with van der Waals surface area (Å²) in [7, 11) is 1.55. The molecule has 0 aromatic heterocycles. The van der Waals surface area contributed by atoms with Crippen LogP contribution in [0.3, 0.4) is 0 Å². The molecule has 17 heavy (non-hydrogen) atoms. The largest absolute Gasteiger partial charge is 0.480 e.